The molecule has 1 aromatic heterocycles. The summed E-state index contributed by atoms with van der Waals surface area (Å²) in [5.41, 5.74) is 10.6. The van der Waals surface area contributed by atoms with Crippen LogP contribution in [-0.4, -0.2) is 40.7 Å². The molecule has 1 atom stereocenters. The number of carbonyl (C=O) groups is 3. The minimum absolute atomic E-state index is 0.115. The molecule has 2 aromatic carbocycles. The van der Waals surface area contributed by atoms with E-state index >= 15 is 0 Å². The number of methoxy groups -OCH3 is 1. The number of benzene rings is 2. The standard InChI is InChI=1S/C25H28N6O4/c1-5-15-9-8-10-16(14(2)3)21(15)29-23(32)22(30-31-25(26)34)20(24(33)35-4)19-13-27-17-11-6-7-12-18(17)28-19/h6-14,20H,5H2,1-4H3,(H,29,32)(H3,26,31,34)/b30-22+/t20-/m1/s1. The number of nitrogens with two attached hydrogens (primary N) is 1. The second-order valence-corrected chi connectivity index (χ2v) is 8.06. The number of nitrogens with zero attached hydrogens (tertiary/aromatic N) is 3. The summed E-state index contributed by atoms with van der Waals surface area (Å²) in [7, 11) is 1.18. The number of hydrogen-bond acceptors (Lipinski definition) is 7. The summed E-state index contributed by atoms with van der Waals surface area (Å²) in [6, 6.07) is 11.8. The van der Waals surface area contributed by atoms with E-state index in [1.54, 1.807) is 18.2 Å². The topological polar surface area (TPSA) is 149 Å². The Morgan fingerprint density at radius 2 is 1.80 bits per heavy atom. The molecule has 182 valence electrons. The zero-order valence-corrected chi connectivity index (χ0v) is 20.0. The van der Waals surface area contributed by atoms with E-state index in [1.165, 1.54) is 13.3 Å². The zero-order valence-electron chi connectivity index (χ0n) is 20.0. The lowest BCUT2D eigenvalue weighted by Gasteiger charge is -2.20. The lowest BCUT2D eigenvalue weighted by Crippen LogP contribution is -2.37. The smallest absolute Gasteiger partial charge is 0.332 e. The van der Waals surface area contributed by atoms with Gasteiger partial charge in [0.2, 0.25) is 0 Å². The van der Waals surface area contributed by atoms with Gasteiger partial charge in [-0.25, -0.2) is 15.2 Å². The molecule has 3 aromatic rings. The lowest BCUT2D eigenvalue weighted by atomic mass is 9.95. The molecule has 0 saturated heterocycles. The number of esters is 1. The quantitative estimate of drug-likeness (QED) is 0.258. The van der Waals surface area contributed by atoms with Gasteiger partial charge in [-0.05, 0) is 35.6 Å². The number of rotatable bonds is 8. The minimum atomic E-state index is -1.37. The van der Waals surface area contributed by atoms with Crippen molar-refractivity contribution in [2.45, 2.75) is 39.0 Å². The number of primary amides is 1. The fourth-order valence-electron chi connectivity index (χ4n) is 3.69. The van der Waals surface area contributed by atoms with Gasteiger partial charge in [0.1, 0.15) is 11.6 Å². The molecule has 1 heterocycles. The van der Waals surface area contributed by atoms with E-state index in [0.717, 1.165) is 11.1 Å². The van der Waals surface area contributed by atoms with E-state index in [1.807, 2.05) is 45.0 Å². The molecule has 0 aliphatic rings. The molecule has 0 saturated carbocycles. The molecule has 35 heavy (non-hydrogen) atoms. The normalized spacial score (nSPS) is 12.3. The number of urea groups is 1. The molecule has 3 amide bonds. The van der Waals surface area contributed by atoms with Crippen LogP contribution in [0.1, 0.15) is 49.4 Å². The summed E-state index contributed by atoms with van der Waals surface area (Å²) in [5.74, 6) is -2.78. The van der Waals surface area contributed by atoms with Crippen molar-refractivity contribution in [2.75, 3.05) is 12.4 Å². The number of aryl methyl sites for hydroxylation is 1. The predicted molar refractivity (Wildman–Crippen MR) is 133 cm³/mol. The Morgan fingerprint density at radius 1 is 1.09 bits per heavy atom. The Labute approximate surface area is 203 Å². The third-order valence-electron chi connectivity index (χ3n) is 5.42. The highest BCUT2D eigenvalue weighted by Gasteiger charge is 2.35. The van der Waals surface area contributed by atoms with E-state index in [4.69, 9.17) is 10.5 Å². The SMILES string of the molecule is CCc1cccc(C(C)C)c1NC(=O)/C(=N/NC(N)=O)[C@H](C(=O)OC)c1cnc2ccccc2n1. The van der Waals surface area contributed by atoms with Crippen LogP contribution in [0, 0.1) is 0 Å². The van der Waals surface area contributed by atoms with Gasteiger partial charge in [-0.2, -0.15) is 5.10 Å². The number of amides is 3. The Hall–Kier alpha value is -4.34. The number of carbonyl (C=O) groups excluding carboxylic acids is 3. The first-order valence-corrected chi connectivity index (χ1v) is 11.1. The van der Waals surface area contributed by atoms with Crippen molar-refractivity contribution in [2.24, 2.45) is 10.8 Å². The third-order valence-corrected chi connectivity index (χ3v) is 5.42. The first kappa shape index (κ1) is 25.3. The number of anilines is 1. The fraction of sp³-hybridized carbons (Fsp3) is 0.280. The van der Waals surface area contributed by atoms with E-state index in [-0.39, 0.29) is 17.3 Å². The van der Waals surface area contributed by atoms with Crippen LogP contribution in [0.4, 0.5) is 10.5 Å². The molecule has 4 N–H and O–H groups in total. The number of ether oxygens (including phenoxy) is 1. The number of nitrogens with one attached hydrogen (secondary N) is 2. The summed E-state index contributed by atoms with van der Waals surface area (Å²) < 4.78 is 4.96. The van der Waals surface area contributed by atoms with Gasteiger partial charge in [0.05, 0.1) is 30.0 Å². The average molecular weight is 477 g/mol. The minimum Gasteiger partial charge on any atom is -0.468 e. The van der Waals surface area contributed by atoms with Gasteiger partial charge >= 0.3 is 12.0 Å². The molecular weight excluding hydrogens is 448 g/mol. The Morgan fingerprint density at radius 3 is 2.43 bits per heavy atom. The highest BCUT2D eigenvalue weighted by molar-refractivity contribution is 6.48. The van der Waals surface area contributed by atoms with Crippen molar-refractivity contribution in [3.63, 3.8) is 0 Å². The molecule has 0 aliphatic heterocycles. The van der Waals surface area contributed by atoms with Crippen LogP contribution in [0.15, 0.2) is 53.8 Å². The molecule has 0 bridgehead atoms. The van der Waals surface area contributed by atoms with Gasteiger partial charge in [0, 0.05) is 5.69 Å². The molecule has 0 spiro atoms. The molecule has 0 unspecified atom stereocenters. The Bertz CT molecular complexity index is 1290. The summed E-state index contributed by atoms with van der Waals surface area (Å²) >= 11 is 0. The number of fused-ring (bicyclic) bond motifs is 1. The van der Waals surface area contributed by atoms with Crippen LogP contribution in [0.25, 0.3) is 11.0 Å². The summed E-state index contributed by atoms with van der Waals surface area (Å²) in [5, 5.41) is 6.77. The maximum absolute atomic E-state index is 13.6. The van der Waals surface area contributed by atoms with Crippen LogP contribution in [0.2, 0.25) is 0 Å². The van der Waals surface area contributed by atoms with E-state index in [0.29, 0.717) is 23.1 Å². The molecule has 0 fully saturated rings. The lowest BCUT2D eigenvalue weighted by molar-refractivity contribution is -0.141. The molecular formula is C25H28N6O4. The largest absolute Gasteiger partial charge is 0.468 e. The first-order valence-electron chi connectivity index (χ1n) is 11.1. The van der Waals surface area contributed by atoms with Crippen molar-refractivity contribution >= 4 is 40.3 Å². The molecule has 0 radical (unpaired) electrons. The van der Waals surface area contributed by atoms with Crippen molar-refractivity contribution in [3.05, 3.63) is 65.5 Å². The van der Waals surface area contributed by atoms with Crippen molar-refractivity contribution < 1.29 is 19.1 Å². The van der Waals surface area contributed by atoms with E-state index in [9.17, 15) is 14.4 Å². The maximum atomic E-state index is 13.6. The highest BCUT2D eigenvalue weighted by Crippen LogP contribution is 2.29. The number of hydrogen-bond donors (Lipinski definition) is 3. The van der Waals surface area contributed by atoms with Crippen molar-refractivity contribution in [1.82, 2.24) is 15.4 Å². The molecule has 3 rings (SSSR count). The van der Waals surface area contributed by atoms with Crippen LogP contribution >= 0.6 is 0 Å². The average Bonchev–Trinajstić information content (AvgIpc) is 2.85. The van der Waals surface area contributed by atoms with Gasteiger partial charge in [-0.15, -0.1) is 0 Å². The summed E-state index contributed by atoms with van der Waals surface area (Å²) in [4.78, 5) is 46.7. The second-order valence-electron chi connectivity index (χ2n) is 8.06. The monoisotopic (exact) mass is 476 g/mol. The summed E-state index contributed by atoms with van der Waals surface area (Å²) in [6.07, 6.45) is 2.04. The first-order chi connectivity index (χ1) is 16.8. The fourth-order valence-corrected chi connectivity index (χ4v) is 3.69. The van der Waals surface area contributed by atoms with Gasteiger partial charge in [0.15, 0.2) is 0 Å². The van der Waals surface area contributed by atoms with Gasteiger partial charge in [-0.1, -0.05) is 51.1 Å². The Balaban J connectivity index is 2.13. The van der Waals surface area contributed by atoms with E-state index in [2.05, 4.69) is 25.8 Å². The maximum Gasteiger partial charge on any atom is 0.332 e. The van der Waals surface area contributed by atoms with Gasteiger partial charge in [0.25, 0.3) is 5.91 Å². The van der Waals surface area contributed by atoms with E-state index < -0.39 is 23.8 Å². The van der Waals surface area contributed by atoms with Gasteiger partial charge in [-0.3, -0.25) is 14.6 Å². The van der Waals surface area contributed by atoms with Crippen LogP contribution in [0.3, 0.4) is 0 Å². The molecule has 0 aliphatic carbocycles. The van der Waals surface area contributed by atoms with Gasteiger partial charge < -0.3 is 15.8 Å². The highest BCUT2D eigenvalue weighted by atomic mass is 16.5. The second kappa shape index (κ2) is 11.2. The number of para-hydroxylation sites is 3. The zero-order chi connectivity index (χ0) is 25.5. The number of aromatic nitrogens is 2. The Kier molecular flexibility index (Phi) is 8.08. The summed E-state index contributed by atoms with van der Waals surface area (Å²) in [6.45, 7) is 5.99. The van der Waals surface area contributed by atoms with Crippen LogP contribution in [0.5, 0.6) is 0 Å². The van der Waals surface area contributed by atoms with Crippen LogP contribution in [-0.2, 0) is 20.7 Å². The predicted octanol–water partition coefficient (Wildman–Crippen LogP) is 3.24. The number of hydrazone groups is 1. The molecule has 10 heteroatoms. The molecule has 10 nitrogen and oxygen atoms in total. The van der Waals surface area contributed by atoms with Crippen molar-refractivity contribution in [3.8, 4) is 0 Å². The van der Waals surface area contributed by atoms with Crippen molar-refractivity contribution in [1.29, 1.82) is 0 Å². The third kappa shape index (κ3) is 5.78. The van der Waals surface area contributed by atoms with Crippen LogP contribution < -0.4 is 16.5 Å².